The van der Waals surface area contributed by atoms with Crippen molar-refractivity contribution in [3.05, 3.63) is 23.8 Å². The van der Waals surface area contributed by atoms with Gasteiger partial charge in [-0.2, -0.15) is 0 Å². The molecule has 5 N–H and O–H groups in total. The van der Waals surface area contributed by atoms with Gasteiger partial charge in [-0.3, -0.25) is 0 Å². The van der Waals surface area contributed by atoms with E-state index in [1.54, 1.807) is 0 Å². The summed E-state index contributed by atoms with van der Waals surface area (Å²) in [5.74, 6) is 0.587. The maximum absolute atomic E-state index is 9.29. The minimum atomic E-state index is -0.458. The van der Waals surface area contributed by atoms with Gasteiger partial charge in [-0.1, -0.05) is 6.07 Å². The van der Waals surface area contributed by atoms with Crippen LogP contribution in [0.5, 0.6) is 0 Å². The van der Waals surface area contributed by atoms with Gasteiger partial charge in [-0.25, -0.2) is 0 Å². The predicted molar refractivity (Wildman–Crippen MR) is 61.4 cm³/mol. The number of aryl methyl sites for hydroxylation is 1. The van der Waals surface area contributed by atoms with Gasteiger partial charge in [0, 0.05) is 22.9 Å². The van der Waals surface area contributed by atoms with Gasteiger partial charge in [0.05, 0.1) is 6.10 Å². The van der Waals surface area contributed by atoms with E-state index in [-0.39, 0.29) is 0 Å². The highest BCUT2D eigenvalue weighted by Gasteiger charge is 2.04. The third kappa shape index (κ3) is 3.21. The van der Waals surface area contributed by atoms with Gasteiger partial charge in [0.2, 0.25) is 0 Å². The molecule has 4 heteroatoms. The SMILES string of the molecule is Cc1ccc(N)c(SCC(O)CN)c1. The Kier molecular flexibility index (Phi) is 4.25. The van der Waals surface area contributed by atoms with Crippen LogP contribution in [0.25, 0.3) is 0 Å². The van der Waals surface area contributed by atoms with Crippen molar-refractivity contribution in [2.24, 2.45) is 5.73 Å². The Morgan fingerprint density at radius 1 is 1.50 bits per heavy atom. The molecule has 14 heavy (non-hydrogen) atoms. The summed E-state index contributed by atoms with van der Waals surface area (Å²) in [6, 6.07) is 5.87. The number of nitrogens with two attached hydrogens (primary N) is 2. The van der Waals surface area contributed by atoms with Gasteiger partial charge in [0.25, 0.3) is 0 Å². The summed E-state index contributed by atoms with van der Waals surface area (Å²) in [6.45, 7) is 2.31. The summed E-state index contributed by atoms with van der Waals surface area (Å²) in [4.78, 5) is 1.01. The molecule has 0 spiro atoms. The second-order valence-corrected chi connectivity index (χ2v) is 4.30. The zero-order valence-corrected chi connectivity index (χ0v) is 9.05. The van der Waals surface area contributed by atoms with Gasteiger partial charge in [-0.05, 0) is 24.6 Å². The monoisotopic (exact) mass is 212 g/mol. The van der Waals surface area contributed by atoms with Crippen molar-refractivity contribution in [1.29, 1.82) is 0 Å². The minimum absolute atomic E-state index is 0.290. The van der Waals surface area contributed by atoms with E-state index in [0.29, 0.717) is 12.3 Å². The molecule has 0 aliphatic carbocycles. The third-order valence-electron chi connectivity index (χ3n) is 1.87. The molecule has 0 radical (unpaired) electrons. The first kappa shape index (κ1) is 11.4. The van der Waals surface area contributed by atoms with Crippen molar-refractivity contribution in [2.75, 3.05) is 18.0 Å². The number of benzene rings is 1. The zero-order valence-electron chi connectivity index (χ0n) is 8.23. The number of thioether (sulfide) groups is 1. The van der Waals surface area contributed by atoms with Crippen molar-refractivity contribution in [3.63, 3.8) is 0 Å². The van der Waals surface area contributed by atoms with E-state index in [9.17, 15) is 5.11 Å². The molecule has 1 atom stereocenters. The van der Waals surface area contributed by atoms with Crippen molar-refractivity contribution < 1.29 is 5.11 Å². The number of hydrogen-bond donors (Lipinski definition) is 3. The Morgan fingerprint density at radius 3 is 2.86 bits per heavy atom. The average molecular weight is 212 g/mol. The topological polar surface area (TPSA) is 72.3 Å². The highest BCUT2D eigenvalue weighted by atomic mass is 32.2. The molecule has 0 heterocycles. The molecule has 0 aliphatic rings. The standard InChI is InChI=1S/C10H16N2OS/c1-7-2-3-9(12)10(4-7)14-6-8(13)5-11/h2-4,8,13H,5-6,11-12H2,1H3. The van der Waals surface area contributed by atoms with Gasteiger partial charge in [-0.15, -0.1) is 11.8 Å². The summed E-state index contributed by atoms with van der Waals surface area (Å²) < 4.78 is 0. The summed E-state index contributed by atoms with van der Waals surface area (Å²) >= 11 is 1.54. The maximum atomic E-state index is 9.29. The van der Waals surface area contributed by atoms with E-state index < -0.39 is 6.10 Å². The van der Waals surface area contributed by atoms with E-state index in [2.05, 4.69) is 0 Å². The van der Waals surface area contributed by atoms with Crippen LogP contribution in [0.2, 0.25) is 0 Å². The fourth-order valence-electron chi connectivity index (χ4n) is 1.02. The molecule has 1 aromatic rings. The number of rotatable bonds is 4. The van der Waals surface area contributed by atoms with Crippen LogP contribution in [-0.2, 0) is 0 Å². The lowest BCUT2D eigenvalue weighted by molar-refractivity contribution is 0.208. The van der Waals surface area contributed by atoms with Crippen LogP contribution in [0.4, 0.5) is 5.69 Å². The van der Waals surface area contributed by atoms with E-state index in [4.69, 9.17) is 11.5 Å². The molecular formula is C10H16N2OS. The molecule has 0 saturated heterocycles. The maximum Gasteiger partial charge on any atom is 0.0756 e. The van der Waals surface area contributed by atoms with Crippen molar-refractivity contribution in [3.8, 4) is 0 Å². The molecule has 1 rings (SSSR count). The Morgan fingerprint density at radius 2 is 2.21 bits per heavy atom. The van der Waals surface area contributed by atoms with Crippen LogP contribution in [0, 0.1) is 6.92 Å². The zero-order chi connectivity index (χ0) is 10.6. The summed E-state index contributed by atoms with van der Waals surface area (Å²) in [6.07, 6.45) is -0.458. The number of aliphatic hydroxyl groups is 1. The van der Waals surface area contributed by atoms with Crippen LogP contribution in [-0.4, -0.2) is 23.5 Å². The first-order valence-corrected chi connectivity index (χ1v) is 5.49. The smallest absolute Gasteiger partial charge is 0.0756 e. The van der Waals surface area contributed by atoms with Crippen LogP contribution in [0.15, 0.2) is 23.1 Å². The molecule has 78 valence electrons. The first-order chi connectivity index (χ1) is 6.63. The predicted octanol–water partition coefficient (Wildman–Crippen LogP) is 0.989. The molecule has 1 aromatic carbocycles. The molecule has 0 saturated carbocycles. The highest BCUT2D eigenvalue weighted by molar-refractivity contribution is 7.99. The third-order valence-corrected chi connectivity index (χ3v) is 3.09. The van der Waals surface area contributed by atoms with Gasteiger partial charge < -0.3 is 16.6 Å². The first-order valence-electron chi connectivity index (χ1n) is 4.50. The van der Waals surface area contributed by atoms with Crippen LogP contribution < -0.4 is 11.5 Å². The van der Waals surface area contributed by atoms with Gasteiger partial charge >= 0.3 is 0 Å². The largest absolute Gasteiger partial charge is 0.398 e. The molecule has 0 fully saturated rings. The van der Waals surface area contributed by atoms with Crippen molar-refractivity contribution in [1.82, 2.24) is 0 Å². The van der Waals surface area contributed by atoms with Gasteiger partial charge in [0.15, 0.2) is 0 Å². The molecule has 1 unspecified atom stereocenters. The highest BCUT2D eigenvalue weighted by Crippen LogP contribution is 2.26. The van der Waals surface area contributed by atoms with E-state index in [0.717, 1.165) is 10.6 Å². The minimum Gasteiger partial charge on any atom is -0.398 e. The quantitative estimate of drug-likeness (QED) is 0.514. The Balaban J connectivity index is 2.62. The number of hydrogen-bond acceptors (Lipinski definition) is 4. The lowest BCUT2D eigenvalue weighted by atomic mass is 10.2. The van der Waals surface area contributed by atoms with Gasteiger partial charge in [0.1, 0.15) is 0 Å². The van der Waals surface area contributed by atoms with E-state index >= 15 is 0 Å². The van der Waals surface area contributed by atoms with Crippen molar-refractivity contribution in [2.45, 2.75) is 17.9 Å². The molecule has 0 aromatic heterocycles. The molecule has 0 aliphatic heterocycles. The van der Waals surface area contributed by atoms with Crippen LogP contribution in [0.1, 0.15) is 5.56 Å². The fourth-order valence-corrected chi connectivity index (χ4v) is 2.03. The molecule has 0 amide bonds. The number of nitrogen functional groups attached to an aromatic ring is 1. The molecule has 0 bridgehead atoms. The normalized spacial score (nSPS) is 12.8. The van der Waals surface area contributed by atoms with Crippen LogP contribution >= 0.6 is 11.8 Å². The Hall–Kier alpha value is -0.710. The molecular weight excluding hydrogens is 196 g/mol. The second kappa shape index (κ2) is 5.24. The lowest BCUT2D eigenvalue weighted by Crippen LogP contribution is -2.21. The Labute approximate surface area is 88.5 Å². The number of anilines is 1. The summed E-state index contributed by atoms with van der Waals surface area (Å²) in [5, 5.41) is 9.29. The molecule has 3 nitrogen and oxygen atoms in total. The number of aliphatic hydroxyl groups excluding tert-OH is 1. The van der Waals surface area contributed by atoms with E-state index in [1.165, 1.54) is 17.3 Å². The van der Waals surface area contributed by atoms with Crippen molar-refractivity contribution >= 4 is 17.4 Å². The average Bonchev–Trinajstić information content (AvgIpc) is 2.19. The lowest BCUT2D eigenvalue weighted by Gasteiger charge is -2.09. The fraction of sp³-hybridized carbons (Fsp3) is 0.400. The summed E-state index contributed by atoms with van der Waals surface area (Å²) in [5.41, 5.74) is 13.0. The summed E-state index contributed by atoms with van der Waals surface area (Å²) in [7, 11) is 0. The van der Waals surface area contributed by atoms with E-state index in [1.807, 2.05) is 25.1 Å². The Bertz CT molecular complexity index is 304. The second-order valence-electron chi connectivity index (χ2n) is 3.24. The van der Waals surface area contributed by atoms with Crippen LogP contribution in [0.3, 0.4) is 0 Å².